The van der Waals surface area contributed by atoms with Crippen LogP contribution in [-0.4, -0.2) is 73.4 Å². The van der Waals surface area contributed by atoms with Crippen molar-refractivity contribution in [3.05, 3.63) is 46.7 Å². The average molecular weight is 618 g/mol. The molecular weight excluding hydrogens is 590 g/mol. The first-order valence-corrected chi connectivity index (χ1v) is 14.2. The smallest absolute Gasteiger partial charge is 0.316 e. The van der Waals surface area contributed by atoms with Crippen LogP contribution in [0.25, 0.3) is 10.9 Å². The number of fused-ring (bicyclic) bond motifs is 1. The summed E-state index contributed by atoms with van der Waals surface area (Å²) in [7, 11) is 0. The lowest BCUT2D eigenvalue weighted by molar-refractivity contribution is -0.156. The fourth-order valence-electron chi connectivity index (χ4n) is 4.20. The molecule has 0 bridgehead atoms. The summed E-state index contributed by atoms with van der Waals surface area (Å²) in [6.07, 6.45) is 2.80. The first-order chi connectivity index (χ1) is 20.0. The third kappa shape index (κ3) is 6.64. The van der Waals surface area contributed by atoms with Crippen LogP contribution >= 0.6 is 23.4 Å². The highest BCUT2D eigenvalue weighted by molar-refractivity contribution is 8.14. The lowest BCUT2D eigenvalue weighted by atomic mass is 10.0. The molecular formula is C26H28ClN7O7S. The Balaban J connectivity index is 1.71. The fraction of sp³-hybridized carbons (Fsp3) is 0.346. The van der Waals surface area contributed by atoms with E-state index in [0.717, 1.165) is 4.68 Å². The molecule has 1 unspecified atom stereocenters. The Bertz CT molecular complexity index is 1580. The topological polar surface area (TPSA) is 177 Å². The summed E-state index contributed by atoms with van der Waals surface area (Å²) < 4.78 is 5.90. The van der Waals surface area contributed by atoms with Crippen LogP contribution in [0.1, 0.15) is 43.1 Å². The van der Waals surface area contributed by atoms with Gasteiger partial charge in [-0.05, 0) is 51.5 Å². The molecule has 4 rings (SSSR count). The minimum atomic E-state index is -1.05. The number of carbonyl (C=O) groups is 4. The van der Waals surface area contributed by atoms with Gasteiger partial charge in [0.25, 0.3) is 11.8 Å². The van der Waals surface area contributed by atoms with E-state index in [1.54, 1.807) is 45.9 Å². The van der Waals surface area contributed by atoms with E-state index in [0.29, 0.717) is 22.7 Å². The highest BCUT2D eigenvalue weighted by Crippen LogP contribution is 2.33. The molecule has 1 aliphatic rings. The Morgan fingerprint density at radius 2 is 2.05 bits per heavy atom. The number of nitrogens with one attached hydrogen (secondary N) is 2. The Labute approximate surface area is 249 Å². The highest BCUT2D eigenvalue weighted by atomic mass is 35.5. The predicted molar refractivity (Wildman–Crippen MR) is 157 cm³/mol. The minimum absolute atomic E-state index is 0.0361. The number of nitrogens with zero attached hydrogens (tertiary/aromatic N) is 5. The quantitative estimate of drug-likeness (QED) is 0.190. The van der Waals surface area contributed by atoms with Gasteiger partial charge >= 0.3 is 11.2 Å². The van der Waals surface area contributed by atoms with Gasteiger partial charge < -0.3 is 20.3 Å². The number of esters is 1. The zero-order valence-electron chi connectivity index (χ0n) is 23.1. The lowest BCUT2D eigenvalue weighted by Crippen LogP contribution is -2.40. The van der Waals surface area contributed by atoms with Gasteiger partial charge in [0.15, 0.2) is 5.82 Å². The minimum Gasteiger partial charge on any atom is -0.465 e. The molecule has 0 aliphatic carbocycles. The van der Waals surface area contributed by atoms with Gasteiger partial charge in [-0.15, -0.1) is 5.10 Å². The van der Waals surface area contributed by atoms with Crippen LogP contribution in [0.2, 0.25) is 5.02 Å². The molecule has 1 aromatic carbocycles. The summed E-state index contributed by atoms with van der Waals surface area (Å²) >= 11 is 6.99. The lowest BCUT2D eigenvalue weighted by Gasteiger charge is -2.23. The molecule has 222 valence electrons. The van der Waals surface area contributed by atoms with Crippen LogP contribution in [0.4, 0.5) is 16.3 Å². The van der Waals surface area contributed by atoms with Crippen molar-refractivity contribution in [3.63, 3.8) is 0 Å². The molecule has 1 aliphatic heterocycles. The second-order valence-corrected chi connectivity index (χ2v) is 10.7. The van der Waals surface area contributed by atoms with Crippen molar-refractivity contribution in [2.75, 3.05) is 22.7 Å². The number of aryl methyl sites for hydroxylation is 1. The Kier molecular flexibility index (Phi) is 9.65. The summed E-state index contributed by atoms with van der Waals surface area (Å²) in [5.74, 6) is -1.86. The second-order valence-electron chi connectivity index (χ2n) is 9.39. The molecule has 0 spiro atoms. The van der Waals surface area contributed by atoms with Crippen LogP contribution in [-0.2, 0) is 19.2 Å². The van der Waals surface area contributed by atoms with Gasteiger partial charge in [0.05, 0.1) is 29.3 Å². The van der Waals surface area contributed by atoms with Crippen LogP contribution in [0.15, 0.2) is 35.7 Å². The van der Waals surface area contributed by atoms with E-state index in [4.69, 9.17) is 16.3 Å². The van der Waals surface area contributed by atoms with Gasteiger partial charge in [0, 0.05) is 23.8 Å². The molecule has 0 radical (unpaired) electrons. The fourth-order valence-corrected chi connectivity index (χ4v) is 4.96. The molecule has 0 fully saturated rings. The van der Waals surface area contributed by atoms with Crippen molar-refractivity contribution < 1.29 is 34.1 Å². The molecule has 1 atom stereocenters. The summed E-state index contributed by atoms with van der Waals surface area (Å²) in [5, 5.41) is 24.6. The van der Waals surface area contributed by atoms with E-state index >= 15 is 0 Å². The van der Waals surface area contributed by atoms with Crippen molar-refractivity contribution in [1.82, 2.24) is 20.1 Å². The number of thioether (sulfide) groups is 1. The van der Waals surface area contributed by atoms with E-state index in [-0.39, 0.29) is 58.3 Å². The van der Waals surface area contributed by atoms with Crippen molar-refractivity contribution in [2.24, 2.45) is 5.10 Å². The molecule has 3 heterocycles. The van der Waals surface area contributed by atoms with Gasteiger partial charge in [0.2, 0.25) is 5.91 Å². The summed E-state index contributed by atoms with van der Waals surface area (Å²) in [6.45, 7) is 7.10. The first kappa shape index (κ1) is 30.7. The molecule has 0 saturated carbocycles. The van der Waals surface area contributed by atoms with Gasteiger partial charge in [-0.2, -0.15) is 9.78 Å². The summed E-state index contributed by atoms with van der Waals surface area (Å²) in [4.78, 5) is 60.1. The molecule has 16 heteroatoms. The Morgan fingerprint density at radius 3 is 2.71 bits per heavy atom. The maximum atomic E-state index is 13.7. The molecule has 2 amide bonds. The van der Waals surface area contributed by atoms with Crippen LogP contribution < -0.4 is 15.6 Å². The number of hydrogen-bond donors (Lipinski definition) is 3. The number of rotatable bonds is 8. The van der Waals surface area contributed by atoms with Crippen molar-refractivity contribution in [1.29, 1.82) is 0 Å². The normalized spacial score (nSPS) is 14.6. The SMILES string of the molecule is CCOC(=O)CSC(=O)n1cc2cc(C)c(NC(=O)C3CC(OO)=NN3c3ncccc3Cl)c(C(=O)NC(C)C)c2n1. The van der Waals surface area contributed by atoms with Crippen LogP contribution in [0, 0.1) is 6.92 Å². The monoisotopic (exact) mass is 617 g/mol. The number of pyridine rings is 1. The van der Waals surface area contributed by atoms with E-state index in [2.05, 4.69) is 30.7 Å². The number of amides is 2. The zero-order chi connectivity index (χ0) is 30.6. The van der Waals surface area contributed by atoms with Crippen LogP contribution in [0.3, 0.4) is 0 Å². The molecule has 3 N–H and O–H groups in total. The van der Waals surface area contributed by atoms with Gasteiger partial charge in [-0.3, -0.25) is 19.2 Å². The van der Waals surface area contributed by atoms with E-state index in [1.165, 1.54) is 17.4 Å². The number of hydrazone groups is 1. The number of benzene rings is 1. The van der Waals surface area contributed by atoms with E-state index in [9.17, 15) is 24.4 Å². The Hall–Kier alpha value is -4.21. The number of carbonyl (C=O) groups excluding carboxylic acids is 4. The first-order valence-electron chi connectivity index (χ1n) is 12.8. The molecule has 3 aromatic rings. The molecule has 2 aromatic heterocycles. The van der Waals surface area contributed by atoms with Gasteiger partial charge in [-0.25, -0.2) is 15.3 Å². The third-order valence-corrected chi connectivity index (χ3v) is 7.05. The average Bonchev–Trinajstić information content (AvgIpc) is 3.56. The van der Waals surface area contributed by atoms with E-state index in [1.807, 2.05) is 0 Å². The van der Waals surface area contributed by atoms with Crippen molar-refractivity contribution in [2.45, 2.75) is 46.2 Å². The second kappa shape index (κ2) is 13.2. The highest BCUT2D eigenvalue weighted by Gasteiger charge is 2.38. The standard InChI is InChI=1S/C26H28ClN7O7S/c1-5-40-19(35)12-42-26(38)33-11-15-9-14(4)21(20(22(15)32-33)25(37)29-13(2)3)30-24(36)17-10-18(41-39)31-34(17)23-16(27)7-6-8-28-23/h6-9,11,13,17,39H,5,10,12H2,1-4H3,(H,29,37)(H,30,36). The van der Waals surface area contributed by atoms with Crippen LogP contribution in [0.5, 0.6) is 0 Å². The third-order valence-electron chi connectivity index (χ3n) is 5.94. The number of hydrogen-bond acceptors (Lipinski definition) is 12. The predicted octanol–water partition coefficient (Wildman–Crippen LogP) is 3.82. The molecule has 42 heavy (non-hydrogen) atoms. The van der Waals surface area contributed by atoms with E-state index < -0.39 is 29.1 Å². The Morgan fingerprint density at radius 1 is 1.29 bits per heavy atom. The maximum Gasteiger partial charge on any atom is 0.316 e. The molecule has 0 saturated heterocycles. The molecule has 14 nitrogen and oxygen atoms in total. The summed E-state index contributed by atoms with van der Waals surface area (Å²) in [6, 6.07) is 3.55. The maximum absolute atomic E-state index is 13.7. The van der Waals surface area contributed by atoms with Crippen molar-refractivity contribution >= 4 is 74.7 Å². The largest absolute Gasteiger partial charge is 0.465 e. The number of ether oxygens (including phenoxy) is 1. The summed E-state index contributed by atoms with van der Waals surface area (Å²) in [5.41, 5.74) is 0.864. The zero-order valence-corrected chi connectivity index (χ0v) is 24.7. The van der Waals surface area contributed by atoms with Gasteiger partial charge in [-0.1, -0.05) is 23.4 Å². The number of halogens is 1. The number of aromatic nitrogens is 3. The van der Waals surface area contributed by atoms with Gasteiger partial charge in [0.1, 0.15) is 17.3 Å². The van der Waals surface area contributed by atoms with Crippen molar-refractivity contribution in [3.8, 4) is 0 Å². The number of anilines is 2.